The Morgan fingerprint density at radius 1 is 1.14 bits per heavy atom. The molecule has 0 bridgehead atoms. The van der Waals surface area contributed by atoms with Crippen molar-refractivity contribution in [1.82, 2.24) is 25.3 Å². The molecule has 2 heterocycles. The lowest BCUT2D eigenvalue weighted by molar-refractivity contribution is -0.139. The lowest BCUT2D eigenvalue weighted by Crippen LogP contribution is -2.56. The van der Waals surface area contributed by atoms with E-state index in [0.717, 1.165) is 0 Å². The molecular weight excluding hydrogens is 450 g/mol. The van der Waals surface area contributed by atoms with Gasteiger partial charge in [-0.2, -0.15) is 0 Å². The monoisotopic (exact) mass is 487 g/mol. The molecule has 35 heavy (non-hydrogen) atoms. The standard InChI is InChI=1S/C25H37N5O5/c1-7-35-22(31)20-18(16-29-12-14-30(15-13-29)24(33)27-25(2,3)4)28(5)23(32)26-21(20)17-10-8-9-11-19(17)34-6/h8-11,21H,7,12-16H2,1-6H3,(H,26,32)(H,27,33). The fourth-order valence-corrected chi connectivity index (χ4v) is 4.26. The maximum Gasteiger partial charge on any atom is 0.338 e. The number of urea groups is 2. The van der Waals surface area contributed by atoms with E-state index in [1.54, 1.807) is 32.0 Å². The Morgan fingerprint density at radius 3 is 2.40 bits per heavy atom. The van der Waals surface area contributed by atoms with Gasteiger partial charge in [0.05, 0.1) is 25.3 Å². The van der Waals surface area contributed by atoms with Gasteiger partial charge in [-0.25, -0.2) is 14.4 Å². The average molecular weight is 488 g/mol. The van der Waals surface area contributed by atoms with Crippen molar-refractivity contribution in [3.8, 4) is 5.75 Å². The Morgan fingerprint density at radius 2 is 1.80 bits per heavy atom. The molecule has 1 unspecified atom stereocenters. The maximum atomic E-state index is 13.2. The van der Waals surface area contributed by atoms with Gasteiger partial charge in [-0.15, -0.1) is 0 Å². The van der Waals surface area contributed by atoms with Crippen molar-refractivity contribution in [3.63, 3.8) is 0 Å². The van der Waals surface area contributed by atoms with E-state index in [4.69, 9.17) is 9.47 Å². The van der Waals surface area contributed by atoms with E-state index in [1.807, 2.05) is 39.0 Å². The molecule has 192 valence electrons. The molecule has 1 aromatic carbocycles. The average Bonchev–Trinajstić information content (AvgIpc) is 2.81. The fourth-order valence-electron chi connectivity index (χ4n) is 4.26. The summed E-state index contributed by atoms with van der Waals surface area (Å²) in [5.74, 6) is 0.0930. The summed E-state index contributed by atoms with van der Waals surface area (Å²) in [6.45, 7) is 10.5. The molecule has 2 N–H and O–H groups in total. The van der Waals surface area contributed by atoms with Crippen molar-refractivity contribution in [1.29, 1.82) is 0 Å². The Labute approximate surface area is 207 Å². The van der Waals surface area contributed by atoms with Crippen LogP contribution < -0.4 is 15.4 Å². The highest BCUT2D eigenvalue weighted by atomic mass is 16.5. The van der Waals surface area contributed by atoms with Crippen LogP contribution >= 0.6 is 0 Å². The number of methoxy groups -OCH3 is 1. The number of carbonyl (C=O) groups excluding carboxylic acids is 3. The predicted molar refractivity (Wildman–Crippen MR) is 132 cm³/mol. The highest BCUT2D eigenvalue weighted by Crippen LogP contribution is 2.35. The zero-order chi connectivity index (χ0) is 25.8. The topological polar surface area (TPSA) is 103 Å². The fraction of sp³-hybridized carbons (Fsp3) is 0.560. The molecular formula is C25H37N5O5. The molecule has 2 aliphatic rings. The quantitative estimate of drug-likeness (QED) is 0.597. The van der Waals surface area contributed by atoms with Gasteiger partial charge < -0.3 is 25.0 Å². The van der Waals surface area contributed by atoms with Gasteiger partial charge in [0.25, 0.3) is 0 Å². The molecule has 10 nitrogen and oxygen atoms in total. The molecule has 0 saturated carbocycles. The molecule has 1 saturated heterocycles. The SMILES string of the molecule is CCOC(=O)C1=C(CN2CCN(C(=O)NC(C)(C)C)CC2)N(C)C(=O)NC1c1ccccc1OC. The minimum Gasteiger partial charge on any atom is -0.496 e. The van der Waals surface area contributed by atoms with Gasteiger partial charge in [-0.1, -0.05) is 18.2 Å². The van der Waals surface area contributed by atoms with Crippen LogP contribution in [0, 0.1) is 0 Å². The lowest BCUT2D eigenvalue weighted by atomic mass is 9.93. The number of carbonyl (C=O) groups is 3. The van der Waals surface area contributed by atoms with E-state index in [2.05, 4.69) is 15.5 Å². The second-order valence-electron chi connectivity index (χ2n) is 9.71. The number of esters is 1. The van der Waals surface area contributed by atoms with E-state index < -0.39 is 12.0 Å². The van der Waals surface area contributed by atoms with Gasteiger partial charge in [0.2, 0.25) is 0 Å². The van der Waals surface area contributed by atoms with Gasteiger partial charge in [-0.05, 0) is 33.8 Å². The molecule has 10 heteroatoms. The number of benzene rings is 1. The van der Waals surface area contributed by atoms with Crippen LogP contribution in [0.15, 0.2) is 35.5 Å². The first-order chi connectivity index (χ1) is 16.6. The van der Waals surface area contributed by atoms with Crippen LogP contribution in [0.2, 0.25) is 0 Å². The molecule has 1 aromatic rings. The van der Waals surface area contributed by atoms with Crippen molar-refractivity contribution in [2.45, 2.75) is 39.3 Å². The summed E-state index contributed by atoms with van der Waals surface area (Å²) in [5, 5.41) is 5.92. The first-order valence-corrected chi connectivity index (χ1v) is 11.9. The number of ether oxygens (including phenoxy) is 2. The summed E-state index contributed by atoms with van der Waals surface area (Å²) in [4.78, 5) is 44.1. The largest absolute Gasteiger partial charge is 0.496 e. The Hall–Kier alpha value is -3.27. The highest BCUT2D eigenvalue weighted by Gasteiger charge is 2.39. The number of nitrogens with zero attached hydrogens (tertiary/aromatic N) is 3. The second kappa shape index (κ2) is 11.0. The minimum absolute atomic E-state index is 0.0889. The summed E-state index contributed by atoms with van der Waals surface area (Å²) in [6, 6.07) is 6.20. The second-order valence-corrected chi connectivity index (χ2v) is 9.71. The summed E-state index contributed by atoms with van der Waals surface area (Å²) in [7, 11) is 3.20. The number of hydrogen-bond donors (Lipinski definition) is 2. The normalized spacial score (nSPS) is 19.4. The number of nitrogens with one attached hydrogen (secondary N) is 2. The number of para-hydroxylation sites is 1. The molecule has 0 aromatic heterocycles. The van der Waals surface area contributed by atoms with Crippen LogP contribution in [0.25, 0.3) is 0 Å². The van der Waals surface area contributed by atoms with Crippen molar-refractivity contribution in [2.24, 2.45) is 0 Å². The molecule has 0 spiro atoms. The van der Waals surface area contributed by atoms with Crippen molar-refractivity contribution < 1.29 is 23.9 Å². The number of rotatable bonds is 6. The Balaban J connectivity index is 1.88. The van der Waals surface area contributed by atoms with Crippen molar-refractivity contribution in [2.75, 3.05) is 53.5 Å². The number of hydrogen-bond acceptors (Lipinski definition) is 6. The molecule has 4 amide bonds. The van der Waals surface area contributed by atoms with Crippen molar-refractivity contribution >= 4 is 18.0 Å². The molecule has 3 rings (SSSR count). The molecule has 0 aliphatic carbocycles. The van der Waals surface area contributed by atoms with Crippen LogP contribution in [-0.4, -0.2) is 91.8 Å². The van der Waals surface area contributed by atoms with E-state index in [1.165, 1.54) is 4.90 Å². The molecule has 1 fully saturated rings. The molecule has 0 radical (unpaired) electrons. The number of amides is 4. The maximum absolute atomic E-state index is 13.2. The van der Waals surface area contributed by atoms with Gasteiger partial charge in [0, 0.05) is 56.6 Å². The van der Waals surface area contributed by atoms with Gasteiger partial charge in [0.15, 0.2) is 0 Å². The summed E-state index contributed by atoms with van der Waals surface area (Å²) < 4.78 is 10.9. The molecule has 1 atom stereocenters. The third kappa shape index (κ3) is 6.25. The summed E-state index contributed by atoms with van der Waals surface area (Å²) in [5.41, 5.74) is 1.34. The van der Waals surface area contributed by atoms with Gasteiger partial charge in [-0.3, -0.25) is 9.80 Å². The third-order valence-corrected chi connectivity index (χ3v) is 6.04. The number of piperazine rings is 1. The first-order valence-electron chi connectivity index (χ1n) is 11.9. The number of likely N-dealkylation sites (N-methyl/N-ethyl adjacent to an activating group) is 1. The van der Waals surface area contributed by atoms with Crippen molar-refractivity contribution in [3.05, 3.63) is 41.1 Å². The van der Waals surface area contributed by atoms with E-state index >= 15 is 0 Å². The van der Waals surface area contributed by atoms with E-state index in [9.17, 15) is 14.4 Å². The molecule has 2 aliphatic heterocycles. The van der Waals surface area contributed by atoms with Crippen LogP contribution in [0.5, 0.6) is 5.75 Å². The van der Waals surface area contributed by atoms with Gasteiger partial charge in [0.1, 0.15) is 5.75 Å². The zero-order valence-corrected chi connectivity index (χ0v) is 21.5. The lowest BCUT2D eigenvalue weighted by Gasteiger charge is -2.40. The minimum atomic E-state index is -0.706. The smallest absolute Gasteiger partial charge is 0.338 e. The van der Waals surface area contributed by atoms with E-state index in [0.29, 0.717) is 55.3 Å². The highest BCUT2D eigenvalue weighted by molar-refractivity contribution is 5.95. The van der Waals surface area contributed by atoms with E-state index in [-0.39, 0.29) is 24.2 Å². The summed E-state index contributed by atoms with van der Waals surface area (Å²) >= 11 is 0. The van der Waals surface area contributed by atoms with Crippen LogP contribution in [-0.2, 0) is 9.53 Å². The van der Waals surface area contributed by atoms with Gasteiger partial charge >= 0.3 is 18.0 Å². The zero-order valence-electron chi connectivity index (χ0n) is 21.5. The predicted octanol–water partition coefficient (Wildman–Crippen LogP) is 2.33. The Bertz CT molecular complexity index is 979. The third-order valence-electron chi connectivity index (χ3n) is 6.04. The van der Waals surface area contributed by atoms with Crippen LogP contribution in [0.1, 0.15) is 39.3 Å². The Kier molecular flexibility index (Phi) is 8.26. The summed E-state index contributed by atoms with van der Waals surface area (Å²) in [6.07, 6.45) is 0. The first kappa shape index (κ1) is 26.3. The van der Waals surface area contributed by atoms with Crippen LogP contribution in [0.4, 0.5) is 9.59 Å². The van der Waals surface area contributed by atoms with Crippen LogP contribution in [0.3, 0.4) is 0 Å².